The summed E-state index contributed by atoms with van der Waals surface area (Å²) in [5, 5.41) is 11.6. The molecule has 0 bridgehead atoms. The Labute approximate surface area is 328 Å². The molecule has 1 heterocycles. The predicted octanol–water partition coefficient (Wildman–Crippen LogP) is 4.20. The molecule has 0 aromatic rings. The van der Waals surface area contributed by atoms with E-state index >= 15 is 4.79 Å². The minimum atomic E-state index is -3.72. The molecule has 5 fully saturated rings. The summed E-state index contributed by atoms with van der Waals surface area (Å²) in [5.74, 6) is -2.16. The Morgan fingerprint density at radius 2 is 1.56 bits per heavy atom. The molecule has 5 aliphatic rings. The van der Waals surface area contributed by atoms with Gasteiger partial charge in [0, 0.05) is 20.2 Å². The molecule has 5 rings (SSSR count). The monoisotopic (exact) mass is 789 g/mol. The Hall–Kier alpha value is -3.00. The Kier molecular flexibility index (Phi) is 13.2. The number of nitrogens with zero attached hydrogens (tertiary/aromatic N) is 1. The molecule has 5 atom stereocenters. The Morgan fingerprint density at radius 3 is 2.15 bits per heavy atom. The standard InChI is InChI=1S/C41H67N5O8S/c1-8-23-42-35(49)32(47)29(18-17-27-15-16-27)43-34(48)31-30-28(39(30,4)5)24-46(31)36(50)33(40(6)19-11-9-12-20-40)44-37(51)45-41(21-13-10-14-22-41)26-55(52,53)38(2,3)25-54-7/h8,27-31,33H,1,9-26H2,2-7H3,(H,42,49)(H,43,48)(H2,44,45,51)/t28-,29-,30-,31-,33+/m0/s1. The molecule has 0 radical (unpaired) electrons. The maximum absolute atomic E-state index is 15.0. The van der Waals surface area contributed by atoms with Gasteiger partial charge in [-0.2, -0.15) is 0 Å². The van der Waals surface area contributed by atoms with E-state index in [9.17, 15) is 27.6 Å². The van der Waals surface area contributed by atoms with Crippen molar-refractivity contribution in [2.24, 2.45) is 28.6 Å². The van der Waals surface area contributed by atoms with Crippen LogP contribution in [0.4, 0.5) is 4.79 Å². The van der Waals surface area contributed by atoms with Crippen LogP contribution in [0.3, 0.4) is 0 Å². The second-order valence-corrected chi connectivity index (χ2v) is 21.5. The lowest BCUT2D eigenvalue weighted by molar-refractivity contribution is -0.146. The lowest BCUT2D eigenvalue weighted by Crippen LogP contribution is -2.65. The molecule has 1 aliphatic heterocycles. The lowest BCUT2D eigenvalue weighted by atomic mass is 9.70. The van der Waals surface area contributed by atoms with Gasteiger partial charge in [0.1, 0.15) is 12.1 Å². The van der Waals surface area contributed by atoms with Crippen LogP contribution in [0, 0.1) is 28.6 Å². The number of likely N-dealkylation sites (tertiary alicyclic amines) is 1. The SMILES string of the molecule is C=CCNC(=O)C(=O)[C@H](CCC1CC1)NC(=O)[C@@H]1[C@@H]2[C@H](CN1C(=O)[C@@H](NC(=O)NC1(CS(=O)(=O)C(C)(C)COC)CCCCC1)C1(C)CCCCC1)C2(C)C. The quantitative estimate of drug-likeness (QED) is 0.118. The lowest BCUT2D eigenvalue weighted by Gasteiger charge is -2.44. The van der Waals surface area contributed by atoms with Crippen LogP contribution in [0.15, 0.2) is 12.7 Å². The number of rotatable bonds is 18. The number of methoxy groups -OCH3 is 1. The molecule has 0 unspecified atom stereocenters. The van der Waals surface area contributed by atoms with Gasteiger partial charge in [0.05, 0.1) is 28.7 Å². The van der Waals surface area contributed by atoms with Crippen molar-refractivity contribution in [1.29, 1.82) is 0 Å². The summed E-state index contributed by atoms with van der Waals surface area (Å²) in [6.07, 6.45) is 12.3. The molecule has 13 nitrogen and oxygen atoms in total. The summed E-state index contributed by atoms with van der Waals surface area (Å²) < 4.78 is 31.6. The van der Waals surface area contributed by atoms with Crippen LogP contribution in [0.25, 0.3) is 0 Å². The molecule has 55 heavy (non-hydrogen) atoms. The van der Waals surface area contributed by atoms with E-state index in [1.807, 2.05) is 6.92 Å². The van der Waals surface area contributed by atoms with Crippen molar-refractivity contribution in [3.05, 3.63) is 12.7 Å². The Morgan fingerprint density at radius 1 is 0.945 bits per heavy atom. The number of fused-ring (bicyclic) bond motifs is 1. The minimum absolute atomic E-state index is 0.0217. The van der Waals surface area contributed by atoms with Crippen LogP contribution >= 0.6 is 0 Å². The fourth-order valence-corrected chi connectivity index (χ4v) is 11.6. The summed E-state index contributed by atoms with van der Waals surface area (Å²) in [6.45, 7) is 13.5. The van der Waals surface area contributed by atoms with Crippen LogP contribution in [-0.4, -0.2) is 104 Å². The second-order valence-electron chi connectivity index (χ2n) is 18.9. The van der Waals surface area contributed by atoms with Crippen LogP contribution in [0.5, 0.6) is 0 Å². The number of amides is 5. The molecule has 4 aliphatic carbocycles. The van der Waals surface area contributed by atoms with Crippen LogP contribution in [0.2, 0.25) is 0 Å². The van der Waals surface area contributed by atoms with Gasteiger partial charge in [0.25, 0.3) is 5.91 Å². The number of Topliss-reactive ketones (excluding diaryl/α,β-unsaturated/α-hetero) is 1. The van der Waals surface area contributed by atoms with E-state index in [0.717, 1.165) is 51.4 Å². The third kappa shape index (κ3) is 9.59. The van der Waals surface area contributed by atoms with Gasteiger partial charge < -0.3 is 30.9 Å². The first kappa shape index (κ1) is 43.1. The molecule has 14 heteroatoms. The van der Waals surface area contributed by atoms with Crippen molar-refractivity contribution < 1.29 is 37.1 Å². The van der Waals surface area contributed by atoms with E-state index in [-0.39, 0.29) is 42.1 Å². The zero-order valence-corrected chi connectivity index (χ0v) is 34.9. The van der Waals surface area contributed by atoms with Gasteiger partial charge in [-0.1, -0.05) is 78.2 Å². The highest BCUT2D eigenvalue weighted by Crippen LogP contribution is 2.65. The van der Waals surface area contributed by atoms with Crippen molar-refractivity contribution in [1.82, 2.24) is 26.2 Å². The summed E-state index contributed by atoms with van der Waals surface area (Å²) in [7, 11) is -2.25. The summed E-state index contributed by atoms with van der Waals surface area (Å²) in [5.41, 5.74) is -1.82. The minimum Gasteiger partial charge on any atom is -0.383 e. The molecule has 4 saturated carbocycles. The smallest absolute Gasteiger partial charge is 0.315 e. The van der Waals surface area contributed by atoms with Gasteiger partial charge in [0.2, 0.25) is 17.6 Å². The van der Waals surface area contributed by atoms with E-state index < -0.39 is 67.3 Å². The van der Waals surface area contributed by atoms with Crippen molar-refractivity contribution in [2.45, 2.75) is 153 Å². The number of urea groups is 1. The maximum Gasteiger partial charge on any atom is 0.315 e. The second kappa shape index (κ2) is 16.8. The molecule has 0 aromatic carbocycles. The number of ketones is 1. The number of sulfone groups is 1. The number of hydrogen-bond acceptors (Lipinski definition) is 8. The average molecular weight is 790 g/mol. The first-order valence-electron chi connectivity index (χ1n) is 20.7. The van der Waals surface area contributed by atoms with Crippen LogP contribution in [-0.2, 0) is 33.8 Å². The maximum atomic E-state index is 15.0. The van der Waals surface area contributed by atoms with Crippen molar-refractivity contribution >= 4 is 39.4 Å². The van der Waals surface area contributed by atoms with Crippen LogP contribution < -0.4 is 21.3 Å². The molecular formula is C41H67N5O8S. The summed E-state index contributed by atoms with van der Waals surface area (Å²) in [6, 6.07) is -3.46. The first-order valence-corrected chi connectivity index (χ1v) is 22.3. The number of carbonyl (C=O) groups excluding carboxylic acids is 5. The molecule has 1 saturated heterocycles. The van der Waals surface area contributed by atoms with Crippen molar-refractivity contribution in [3.8, 4) is 0 Å². The average Bonchev–Trinajstić information content (AvgIpc) is 3.99. The van der Waals surface area contributed by atoms with E-state index in [1.165, 1.54) is 13.2 Å². The zero-order chi connectivity index (χ0) is 40.4. The third-order valence-electron chi connectivity index (χ3n) is 13.8. The molecule has 4 N–H and O–H groups in total. The molecule has 0 spiro atoms. The van der Waals surface area contributed by atoms with Gasteiger partial charge in [-0.25, -0.2) is 13.2 Å². The van der Waals surface area contributed by atoms with Gasteiger partial charge in [0.15, 0.2) is 9.84 Å². The van der Waals surface area contributed by atoms with E-state index in [2.05, 4.69) is 41.7 Å². The fraction of sp³-hybridized carbons (Fsp3) is 0.829. The largest absolute Gasteiger partial charge is 0.383 e. The number of hydrogen-bond donors (Lipinski definition) is 4. The predicted molar refractivity (Wildman–Crippen MR) is 211 cm³/mol. The fourth-order valence-electron chi connectivity index (χ4n) is 9.84. The van der Waals surface area contributed by atoms with Gasteiger partial charge in [-0.15, -0.1) is 6.58 Å². The van der Waals surface area contributed by atoms with Crippen molar-refractivity contribution in [2.75, 3.05) is 32.6 Å². The normalized spacial score (nSPS) is 26.4. The third-order valence-corrected chi connectivity index (χ3v) is 16.5. The van der Waals surface area contributed by atoms with Gasteiger partial charge >= 0.3 is 6.03 Å². The zero-order valence-electron chi connectivity index (χ0n) is 34.1. The van der Waals surface area contributed by atoms with Crippen LogP contribution in [0.1, 0.15) is 125 Å². The van der Waals surface area contributed by atoms with E-state index in [0.29, 0.717) is 51.0 Å². The highest BCUT2D eigenvalue weighted by atomic mass is 32.2. The number of carbonyl (C=O) groups is 5. The Bertz CT molecular complexity index is 1580. The molecular weight excluding hydrogens is 723 g/mol. The number of ether oxygens (including phenoxy) is 1. The van der Waals surface area contributed by atoms with Gasteiger partial charge in [-0.3, -0.25) is 19.2 Å². The molecule has 5 amide bonds. The van der Waals surface area contributed by atoms with E-state index in [4.69, 9.17) is 4.74 Å². The molecule has 0 aromatic heterocycles. The Balaban J connectivity index is 1.39. The highest BCUT2D eigenvalue weighted by Gasteiger charge is 2.70. The van der Waals surface area contributed by atoms with Crippen molar-refractivity contribution in [3.63, 3.8) is 0 Å². The number of piperidine rings is 1. The highest BCUT2D eigenvalue weighted by molar-refractivity contribution is 7.92. The van der Waals surface area contributed by atoms with Gasteiger partial charge in [-0.05, 0) is 81.0 Å². The number of nitrogens with one attached hydrogen (secondary N) is 4. The first-order chi connectivity index (χ1) is 25.8. The summed E-state index contributed by atoms with van der Waals surface area (Å²) >= 11 is 0. The van der Waals surface area contributed by atoms with E-state index in [1.54, 1.807) is 18.7 Å². The topological polar surface area (TPSA) is 180 Å². The molecule has 310 valence electrons. The summed E-state index contributed by atoms with van der Waals surface area (Å²) in [4.78, 5) is 71.3.